The number of phenols is 1. The first-order valence-electron chi connectivity index (χ1n) is 8.01. The van der Waals surface area contributed by atoms with E-state index in [1.165, 1.54) is 12.0 Å². The van der Waals surface area contributed by atoms with Gasteiger partial charge in [-0.25, -0.2) is 4.79 Å². The average molecular weight is 348 g/mol. The Kier molecular flexibility index (Phi) is 5.37. The van der Waals surface area contributed by atoms with Crippen molar-refractivity contribution in [2.45, 2.75) is 26.2 Å². The van der Waals surface area contributed by atoms with Crippen molar-refractivity contribution >= 4 is 17.6 Å². The van der Waals surface area contributed by atoms with Gasteiger partial charge in [-0.15, -0.1) is 0 Å². The molecule has 0 fully saturated rings. The topological polar surface area (TPSA) is 99.1 Å². The number of methoxy groups -OCH3 is 1. The first-order valence-corrected chi connectivity index (χ1v) is 8.01. The van der Waals surface area contributed by atoms with Crippen LogP contribution in [0.3, 0.4) is 0 Å². The summed E-state index contributed by atoms with van der Waals surface area (Å²) in [6.45, 7) is 6.05. The van der Waals surface area contributed by atoms with E-state index in [2.05, 4.69) is 5.32 Å². The lowest BCUT2D eigenvalue weighted by Gasteiger charge is -2.21. The highest BCUT2D eigenvalue weighted by molar-refractivity contribution is 6.08. The second-order valence-electron chi connectivity index (χ2n) is 6.90. The minimum atomic E-state index is -0.622. The minimum Gasteiger partial charge on any atom is -0.506 e. The predicted octanol–water partition coefficient (Wildman–Crippen LogP) is 1.36. The van der Waals surface area contributed by atoms with Crippen molar-refractivity contribution in [1.82, 2.24) is 4.90 Å². The van der Waals surface area contributed by atoms with E-state index in [0.29, 0.717) is 5.69 Å². The number of anilines is 1. The average Bonchev–Trinajstić information content (AvgIpc) is 2.85. The normalized spacial score (nSPS) is 14.9. The zero-order chi connectivity index (χ0) is 18.8. The Morgan fingerprint density at radius 2 is 2.04 bits per heavy atom. The van der Waals surface area contributed by atoms with Crippen molar-refractivity contribution in [2.75, 3.05) is 32.1 Å². The molecule has 2 rings (SSSR count). The maximum Gasteiger partial charge on any atom is 0.337 e. The molecular formula is C18H24N2O5. The summed E-state index contributed by atoms with van der Waals surface area (Å²) in [6, 6.07) is 5.11. The molecule has 0 aliphatic carbocycles. The summed E-state index contributed by atoms with van der Waals surface area (Å²) in [6.07, 6.45) is 0. The first-order chi connectivity index (χ1) is 11.7. The molecule has 3 N–H and O–H groups in total. The van der Waals surface area contributed by atoms with Gasteiger partial charge in [-0.1, -0.05) is 26.8 Å². The van der Waals surface area contributed by atoms with Crippen LogP contribution >= 0.6 is 0 Å². The highest BCUT2D eigenvalue weighted by Crippen LogP contribution is 2.33. The summed E-state index contributed by atoms with van der Waals surface area (Å²) in [5.41, 5.74) is 1.38. The summed E-state index contributed by atoms with van der Waals surface area (Å²) in [4.78, 5) is 25.9. The fourth-order valence-electron chi connectivity index (χ4n) is 2.59. The van der Waals surface area contributed by atoms with Gasteiger partial charge in [0.1, 0.15) is 11.4 Å². The molecule has 0 saturated heterocycles. The number of rotatable bonds is 5. The van der Waals surface area contributed by atoms with E-state index in [-0.39, 0.29) is 42.1 Å². The van der Waals surface area contributed by atoms with Crippen molar-refractivity contribution in [3.05, 3.63) is 35.0 Å². The third-order valence-corrected chi connectivity index (χ3v) is 4.08. The summed E-state index contributed by atoms with van der Waals surface area (Å²) >= 11 is 0. The zero-order valence-corrected chi connectivity index (χ0v) is 14.9. The highest BCUT2D eigenvalue weighted by atomic mass is 16.5. The lowest BCUT2D eigenvalue weighted by molar-refractivity contribution is -0.136. The van der Waals surface area contributed by atoms with Crippen molar-refractivity contribution in [3.8, 4) is 5.75 Å². The highest BCUT2D eigenvalue weighted by Gasteiger charge is 2.34. The molecule has 7 heteroatoms. The number of nitrogens with one attached hydrogen (secondary N) is 1. The van der Waals surface area contributed by atoms with E-state index >= 15 is 0 Å². The molecule has 0 bridgehead atoms. The number of nitrogens with zero attached hydrogens (tertiary/aromatic N) is 1. The molecule has 1 amide bonds. The van der Waals surface area contributed by atoms with Gasteiger partial charge in [0.2, 0.25) is 0 Å². The van der Waals surface area contributed by atoms with Crippen LogP contribution in [-0.2, 0) is 19.7 Å². The van der Waals surface area contributed by atoms with Crippen LogP contribution in [0.15, 0.2) is 29.5 Å². The molecule has 1 aliphatic rings. The van der Waals surface area contributed by atoms with Gasteiger partial charge in [0, 0.05) is 6.54 Å². The van der Waals surface area contributed by atoms with Crippen LogP contribution in [0, 0.1) is 0 Å². The largest absolute Gasteiger partial charge is 0.506 e. The summed E-state index contributed by atoms with van der Waals surface area (Å²) < 4.78 is 4.74. The molecule has 0 atom stereocenters. The third-order valence-electron chi connectivity index (χ3n) is 4.08. The number of ether oxygens (including phenoxy) is 1. The van der Waals surface area contributed by atoms with E-state index in [4.69, 9.17) is 9.84 Å². The van der Waals surface area contributed by atoms with E-state index in [1.807, 2.05) is 26.8 Å². The van der Waals surface area contributed by atoms with E-state index < -0.39 is 11.9 Å². The summed E-state index contributed by atoms with van der Waals surface area (Å²) in [5.74, 6) is -1.07. The monoisotopic (exact) mass is 348 g/mol. The van der Waals surface area contributed by atoms with Gasteiger partial charge in [0.05, 0.1) is 31.5 Å². The molecule has 25 heavy (non-hydrogen) atoms. The van der Waals surface area contributed by atoms with Crippen LogP contribution in [0.25, 0.3) is 0 Å². The predicted molar refractivity (Wildman–Crippen MR) is 93.1 cm³/mol. The van der Waals surface area contributed by atoms with Crippen LogP contribution in [-0.4, -0.2) is 53.8 Å². The van der Waals surface area contributed by atoms with Crippen LogP contribution < -0.4 is 5.32 Å². The summed E-state index contributed by atoms with van der Waals surface area (Å²) in [7, 11) is 1.24. The lowest BCUT2D eigenvalue weighted by Crippen LogP contribution is -2.31. The Hall–Kier alpha value is -2.54. The molecule has 1 heterocycles. The molecule has 1 aromatic carbocycles. The Morgan fingerprint density at radius 1 is 1.36 bits per heavy atom. The van der Waals surface area contributed by atoms with Gasteiger partial charge in [-0.05, 0) is 23.1 Å². The second kappa shape index (κ2) is 7.14. The molecule has 136 valence electrons. The van der Waals surface area contributed by atoms with Crippen molar-refractivity contribution < 1.29 is 24.5 Å². The number of aliphatic hydroxyl groups excluding tert-OH is 1. The zero-order valence-electron chi connectivity index (χ0n) is 14.9. The fourth-order valence-corrected chi connectivity index (χ4v) is 2.59. The number of hydrogen-bond acceptors (Lipinski definition) is 6. The number of hydrogen-bond donors (Lipinski definition) is 3. The van der Waals surface area contributed by atoms with Gasteiger partial charge in [-0.3, -0.25) is 4.79 Å². The van der Waals surface area contributed by atoms with Crippen LogP contribution in [0.4, 0.5) is 5.69 Å². The Balaban J connectivity index is 2.41. The molecular weight excluding hydrogens is 324 g/mol. The molecule has 0 aromatic heterocycles. The second-order valence-corrected chi connectivity index (χ2v) is 6.90. The number of β-amino-alcohol motifs (C(OH)–C–C–N with tert-alkyl or cyclic N) is 1. The van der Waals surface area contributed by atoms with Gasteiger partial charge in [-0.2, -0.15) is 0 Å². The minimum absolute atomic E-state index is 0.0295. The Morgan fingerprint density at radius 3 is 2.60 bits per heavy atom. The molecule has 1 aromatic rings. The number of carbonyl (C=O) groups excluding carboxylic acids is 2. The fraction of sp³-hybridized carbons (Fsp3) is 0.444. The van der Waals surface area contributed by atoms with Gasteiger partial charge >= 0.3 is 5.97 Å². The standard InChI is InChI=1S/C18H24N2O5/c1-18(2,3)11-5-6-14(22)13(9-11)19-15-12(17(24)25-4)10-20(7-8-21)16(15)23/h5-6,9,19,21-22H,7-8,10H2,1-4H3. The van der Waals surface area contributed by atoms with Crippen molar-refractivity contribution in [2.24, 2.45) is 0 Å². The van der Waals surface area contributed by atoms with E-state index in [9.17, 15) is 14.7 Å². The van der Waals surface area contributed by atoms with Crippen LogP contribution in [0.1, 0.15) is 26.3 Å². The SMILES string of the molecule is COC(=O)C1=C(Nc2cc(C(C)(C)C)ccc2O)C(=O)N(CCO)C1. The molecule has 0 unspecified atom stereocenters. The Labute approximate surface area is 146 Å². The molecule has 0 radical (unpaired) electrons. The molecule has 1 aliphatic heterocycles. The van der Waals surface area contributed by atoms with Crippen molar-refractivity contribution in [3.63, 3.8) is 0 Å². The van der Waals surface area contributed by atoms with E-state index in [1.54, 1.807) is 12.1 Å². The first kappa shape index (κ1) is 18.8. The maximum absolute atomic E-state index is 12.5. The number of esters is 1. The molecule has 0 spiro atoms. The number of aliphatic hydroxyl groups is 1. The van der Waals surface area contributed by atoms with Gasteiger partial charge < -0.3 is 25.2 Å². The smallest absolute Gasteiger partial charge is 0.337 e. The number of amides is 1. The third kappa shape index (κ3) is 3.93. The number of aromatic hydroxyl groups is 1. The quantitative estimate of drug-likeness (QED) is 0.549. The number of carbonyl (C=O) groups is 2. The number of benzene rings is 1. The van der Waals surface area contributed by atoms with Crippen LogP contribution in [0.2, 0.25) is 0 Å². The van der Waals surface area contributed by atoms with Gasteiger partial charge in [0.25, 0.3) is 5.91 Å². The van der Waals surface area contributed by atoms with Crippen LogP contribution in [0.5, 0.6) is 5.75 Å². The number of phenolic OH excluding ortho intramolecular Hbond substituents is 1. The Bertz CT molecular complexity index is 719. The molecule has 0 saturated carbocycles. The lowest BCUT2D eigenvalue weighted by atomic mass is 9.87. The van der Waals surface area contributed by atoms with Gasteiger partial charge in [0.15, 0.2) is 0 Å². The molecule has 7 nitrogen and oxygen atoms in total. The van der Waals surface area contributed by atoms with E-state index in [0.717, 1.165) is 5.56 Å². The van der Waals surface area contributed by atoms with Crippen molar-refractivity contribution in [1.29, 1.82) is 0 Å². The maximum atomic E-state index is 12.5. The summed E-state index contributed by atoms with van der Waals surface area (Å²) in [5, 5.41) is 22.1.